The molecule has 36 heavy (non-hydrogen) atoms. The van der Waals surface area contributed by atoms with Crippen LogP contribution in [-0.4, -0.2) is 23.6 Å². The van der Waals surface area contributed by atoms with Crippen LogP contribution in [0.25, 0.3) is 0 Å². The maximum Gasteiger partial charge on any atom is 0.144 e. The largest absolute Gasteiger partial charge is 0.323 e. The van der Waals surface area contributed by atoms with Gasteiger partial charge in [0.2, 0.25) is 0 Å². The Balaban J connectivity index is 2.26. The second-order valence-corrected chi connectivity index (χ2v) is 18.0. The fourth-order valence-corrected chi connectivity index (χ4v) is 12.9. The zero-order valence-corrected chi connectivity index (χ0v) is 25.4. The minimum atomic E-state index is -2.92. The highest BCUT2D eigenvalue weighted by atomic mass is 31.2. The molecule has 0 spiro atoms. The van der Waals surface area contributed by atoms with E-state index in [1.54, 1.807) is 0 Å². The first-order chi connectivity index (χ1) is 17.3. The Labute approximate surface area is 222 Å². The van der Waals surface area contributed by atoms with Crippen molar-refractivity contribution >= 4 is 24.9 Å². The summed E-state index contributed by atoms with van der Waals surface area (Å²) in [5, 5.41) is 1.30. The summed E-state index contributed by atoms with van der Waals surface area (Å²) in [7, 11) is -5.47. The summed E-state index contributed by atoms with van der Waals surface area (Å²) in [6.07, 6.45) is 16.5. The van der Waals surface area contributed by atoms with Crippen LogP contribution < -0.4 is 10.6 Å². The third-order valence-corrected chi connectivity index (χ3v) is 16.0. The molecule has 2 aromatic rings. The van der Waals surface area contributed by atoms with Gasteiger partial charge < -0.3 is 9.13 Å². The average Bonchev–Trinajstić information content (AvgIpc) is 2.89. The quantitative estimate of drug-likeness (QED) is 0.134. The van der Waals surface area contributed by atoms with E-state index in [1.165, 1.54) is 51.4 Å². The van der Waals surface area contributed by atoms with E-state index in [0.717, 1.165) is 48.6 Å². The Morgan fingerprint density at radius 3 is 1.31 bits per heavy atom. The van der Waals surface area contributed by atoms with Crippen molar-refractivity contribution in [2.45, 2.75) is 110 Å². The first-order valence-electron chi connectivity index (χ1n) is 14.6. The molecule has 0 saturated carbocycles. The van der Waals surface area contributed by atoms with Gasteiger partial charge in [-0.3, -0.25) is 0 Å². The molecule has 2 rings (SSSR count). The molecule has 0 aliphatic rings. The summed E-state index contributed by atoms with van der Waals surface area (Å²) in [4.78, 5) is 0. The number of rotatable bonds is 19. The van der Waals surface area contributed by atoms with Crippen LogP contribution >= 0.6 is 14.3 Å². The van der Waals surface area contributed by atoms with Crippen LogP contribution in [0.15, 0.2) is 60.7 Å². The van der Waals surface area contributed by atoms with E-state index in [1.807, 2.05) is 60.7 Å². The molecule has 0 N–H and O–H groups in total. The number of hydrogen-bond donors (Lipinski definition) is 0. The molecule has 0 aliphatic carbocycles. The van der Waals surface area contributed by atoms with E-state index in [0.29, 0.717) is 6.16 Å². The first-order valence-corrected chi connectivity index (χ1v) is 18.5. The lowest BCUT2D eigenvalue weighted by molar-refractivity contribution is 0.532. The molecule has 0 saturated heterocycles. The number of unbranched alkanes of at least 4 members (excludes halogenated alkanes) is 10. The molecule has 0 unspecified atom stereocenters. The summed E-state index contributed by atoms with van der Waals surface area (Å²) in [6.45, 7) is 8.80. The van der Waals surface area contributed by atoms with Crippen LogP contribution in [0.2, 0.25) is 0 Å². The highest BCUT2D eigenvalue weighted by molar-refractivity contribution is 7.79. The molecule has 0 bridgehead atoms. The van der Waals surface area contributed by atoms with E-state index in [9.17, 15) is 9.13 Å². The zero-order chi connectivity index (χ0) is 26.3. The Bertz CT molecular complexity index is 874. The molecule has 0 aliphatic heterocycles. The molecular formula is C32H52O2P2. The lowest BCUT2D eigenvalue weighted by Gasteiger charge is -2.38. The topological polar surface area (TPSA) is 34.1 Å². The van der Waals surface area contributed by atoms with Gasteiger partial charge in [-0.25, -0.2) is 0 Å². The molecule has 0 aromatic heterocycles. The van der Waals surface area contributed by atoms with Gasteiger partial charge in [-0.15, -0.1) is 0 Å². The van der Waals surface area contributed by atoms with E-state index in [4.69, 9.17) is 0 Å². The summed E-state index contributed by atoms with van der Waals surface area (Å²) in [5.74, 6) is 0. The molecule has 0 atom stereocenters. The summed E-state index contributed by atoms with van der Waals surface area (Å²) >= 11 is 0. The minimum Gasteiger partial charge on any atom is -0.323 e. The fourth-order valence-electron chi connectivity index (χ4n) is 5.36. The van der Waals surface area contributed by atoms with Crippen molar-refractivity contribution in [1.82, 2.24) is 0 Å². The third kappa shape index (κ3) is 9.33. The van der Waals surface area contributed by atoms with Crippen molar-refractivity contribution in [1.29, 1.82) is 0 Å². The second-order valence-electron chi connectivity index (χ2n) is 11.3. The Morgan fingerprint density at radius 1 is 0.556 bits per heavy atom. The van der Waals surface area contributed by atoms with E-state index >= 15 is 0 Å². The monoisotopic (exact) mass is 530 g/mol. The molecule has 2 aromatic carbocycles. The fraction of sp³-hybridized carbons (Fsp3) is 0.625. The molecule has 0 heterocycles. The lowest BCUT2D eigenvalue weighted by atomic mass is 10.1. The van der Waals surface area contributed by atoms with Gasteiger partial charge in [-0.2, -0.15) is 0 Å². The minimum absolute atomic E-state index is 0.469. The van der Waals surface area contributed by atoms with Gasteiger partial charge in [-0.05, 0) is 12.8 Å². The predicted octanol–water partition coefficient (Wildman–Crippen LogP) is 9.86. The molecule has 0 fully saturated rings. The van der Waals surface area contributed by atoms with Gasteiger partial charge in [0, 0.05) is 34.3 Å². The van der Waals surface area contributed by atoms with Crippen LogP contribution in [0.3, 0.4) is 0 Å². The Kier molecular flexibility index (Phi) is 13.8. The standard InChI is InChI=1S/C32H52O2P2/c1-5-7-9-11-13-21-27-35(33,28-22-14-12-10-8-6-2)32(3,4)29-36(34,30-23-17-15-18-24-30)31-25-19-16-20-26-31/h15-20,23-26H,5-14,21-22,27-29H2,1-4H3. The molecule has 4 heteroatoms. The third-order valence-electron chi connectivity index (χ3n) is 7.81. The van der Waals surface area contributed by atoms with Gasteiger partial charge in [0.05, 0.1) is 7.14 Å². The smallest absolute Gasteiger partial charge is 0.144 e. The van der Waals surface area contributed by atoms with E-state index in [-0.39, 0.29) is 0 Å². The predicted molar refractivity (Wildman–Crippen MR) is 163 cm³/mol. The van der Waals surface area contributed by atoms with Gasteiger partial charge >= 0.3 is 0 Å². The van der Waals surface area contributed by atoms with Crippen LogP contribution in [0, 0.1) is 0 Å². The second kappa shape index (κ2) is 16.0. The highest BCUT2D eigenvalue weighted by Gasteiger charge is 2.45. The van der Waals surface area contributed by atoms with Gasteiger partial charge in [0.25, 0.3) is 0 Å². The first kappa shape index (κ1) is 31.1. The van der Waals surface area contributed by atoms with Gasteiger partial charge in [-0.1, -0.05) is 153 Å². The highest BCUT2D eigenvalue weighted by Crippen LogP contribution is 2.64. The van der Waals surface area contributed by atoms with Crippen LogP contribution in [0.4, 0.5) is 0 Å². The molecule has 0 radical (unpaired) electrons. The summed E-state index contributed by atoms with van der Waals surface area (Å²) in [6, 6.07) is 19.8. The maximum absolute atomic E-state index is 14.9. The molecular weight excluding hydrogens is 478 g/mol. The van der Waals surface area contributed by atoms with Crippen LogP contribution in [0.1, 0.15) is 105 Å². The summed E-state index contributed by atoms with van der Waals surface area (Å²) < 4.78 is 29.7. The summed E-state index contributed by atoms with van der Waals surface area (Å²) in [5.41, 5.74) is 0. The van der Waals surface area contributed by atoms with Crippen molar-refractivity contribution in [2.75, 3.05) is 18.5 Å². The molecule has 0 amide bonds. The Morgan fingerprint density at radius 2 is 0.917 bits per heavy atom. The van der Waals surface area contributed by atoms with Gasteiger partial charge in [0.15, 0.2) is 0 Å². The zero-order valence-electron chi connectivity index (χ0n) is 23.6. The van der Waals surface area contributed by atoms with Crippen molar-refractivity contribution in [3.05, 3.63) is 60.7 Å². The maximum atomic E-state index is 14.9. The molecule has 2 nitrogen and oxygen atoms in total. The average molecular weight is 531 g/mol. The number of benzene rings is 2. The normalized spacial score (nSPS) is 12.7. The SMILES string of the molecule is CCCCCCCCP(=O)(CCCCCCCC)C(C)(C)CP(=O)(c1ccccc1)c1ccccc1. The van der Waals surface area contributed by atoms with Gasteiger partial charge in [0.1, 0.15) is 7.14 Å². The lowest BCUT2D eigenvalue weighted by Crippen LogP contribution is -2.33. The van der Waals surface area contributed by atoms with Crippen molar-refractivity contribution in [2.24, 2.45) is 0 Å². The van der Waals surface area contributed by atoms with Crippen molar-refractivity contribution < 1.29 is 9.13 Å². The molecule has 202 valence electrons. The van der Waals surface area contributed by atoms with Crippen molar-refractivity contribution in [3.63, 3.8) is 0 Å². The van der Waals surface area contributed by atoms with Crippen LogP contribution in [-0.2, 0) is 9.13 Å². The van der Waals surface area contributed by atoms with E-state index in [2.05, 4.69) is 27.7 Å². The van der Waals surface area contributed by atoms with E-state index < -0.39 is 19.4 Å². The van der Waals surface area contributed by atoms with Crippen LogP contribution in [0.5, 0.6) is 0 Å². The number of hydrogen-bond acceptors (Lipinski definition) is 2. The Hall–Kier alpha value is -1.10. The van der Waals surface area contributed by atoms with Crippen molar-refractivity contribution in [3.8, 4) is 0 Å².